The number of fused-ring (bicyclic) bond motifs is 1. The first-order chi connectivity index (χ1) is 5.27. The monoisotopic (exact) mass is 275 g/mol. The van der Waals surface area contributed by atoms with Crippen molar-refractivity contribution in [3.05, 3.63) is 27.5 Å². The molecule has 0 amide bonds. The van der Waals surface area contributed by atoms with E-state index in [4.69, 9.17) is 0 Å². The average Bonchev–Trinajstić information content (AvgIpc) is 2.32. The molecule has 1 nitrogen and oxygen atoms in total. The predicted molar refractivity (Wildman–Crippen MR) is 57.1 cm³/mol. The van der Waals surface area contributed by atoms with Gasteiger partial charge in [-0.2, -0.15) is 4.37 Å². The van der Waals surface area contributed by atoms with Crippen LogP contribution >= 0.6 is 34.1 Å². The van der Waals surface area contributed by atoms with Gasteiger partial charge in [0.1, 0.15) is 3.70 Å². The van der Waals surface area contributed by atoms with E-state index in [0.717, 1.165) is 3.70 Å². The van der Waals surface area contributed by atoms with Gasteiger partial charge in [0, 0.05) is 5.39 Å². The molecule has 0 aliphatic heterocycles. The Bertz CT molecular complexity index is 394. The molecule has 1 heterocycles. The number of hydrogen-bond acceptors (Lipinski definition) is 2. The summed E-state index contributed by atoms with van der Waals surface area (Å²) in [5.74, 6) is 0. The topological polar surface area (TPSA) is 12.9 Å². The summed E-state index contributed by atoms with van der Waals surface area (Å²) in [6.45, 7) is 2.10. The van der Waals surface area contributed by atoms with Crippen molar-refractivity contribution < 1.29 is 0 Å². The summed E-state index contributed by atoms with van der Waals surface area (Å²) >= 11 is 3.83. The van der Waals surface area contributed by atoms with Gasteiger partial charge in [-0.15, -0.1) is 0 Å². The van der Waals surface area contributed by atoms with Crippen LogP contribution in [0.2, 0.25) is 0 Å². The molecule has 0 fully saturated rings. The number of nitrogens with zero attached hydrogens (tertiary/aromatic N) is 1. The molecule has 1 aromatic carbocycles. The van der Waals surface area contributed by atoms with Crippen molar-refractivity contribution in [3.8, 4) is 0 Å². The van der Waals surface area contributed by atoms with E-state index in [1.165, 1.54) is 15.6 Å². The largest absolute Gasteiger partial charge is 0.185 e. The molecular weight excluding hydrogens is 269 g/mol. The molecule has 1 aromatic heterocycles. The van der Waals surface area contributed by atoms with Crippen molar-refractivity contribution in [2.24, 2.45) is 0 Å². The molecule has 2 aromatic rings. The van der Waals surface area contributed by atoms with Crippen molar-refractivity contribution >= 4 is 44.2 Å². The molecule has 0 N–H and O–H groups in total. The second kappa shape index (κ2) is 2.71. The molecule has 11 heavy (non-hydrogen) atoms. The number of halogens is 1. The highest BCUT2D eigenvalue weighted by Gasteiger charge is 2.01. The quantitative estimate of drug-likeness (QED) is 0.673. The Morgan fingerprint density at radius 2 is 2.27 bits per heavy atom. The third-order valence-electron chi connectivity index (χ3n) is 1.58. The first-order valence-corrected chi connectivity index (χ1v) is 5.14. The molecule has 3 heteroatoms. The molecule has 0 bridgehead atoms. The second-order valence-corrected chi connectivity index (χ2v) is 4.30. The molecule has 0 radical (unpaired) electrons. The molecule has 0 saturated carbocycles. The minimum Gasteiger partial charge on any atom is -0.185 e. The van der Waals surface area contributed by atoms with E-state index in [1.807, 2.05) is 0 Å². The Morgan fingerprint density at radius 3 is 3.09 bits per heavy atom. The first kappa shape index (κ1) is 7.49. The van der Waals surface area contributed by atoms with Gasteiger partial charge in [-0.3, -0.25) is 0 Å². The van der Waals surface area contributed by atoms with Gasteiger partial charge < -0.3 is 0 Å². The zero-order valence-electron chi connectivity index (χ0n) is 5.97. The highest BCUT2D eigenvalue weighted by Crippen LogP contribution is 2.24. The Kier molecular flexibility index (Phi) is 1.85. The first-order valence-electron chi connectivity index (χ1n) is 3.29. The van der Waals surface area contributed by atoms with Crippen LogP contribution in [0.3, 0.4) is 0 Å². The maximum Gasteiger partial charge on any atom is 0.122 e. The van der Waals surface area contributed by atoms with Crippen LogP contribution in [0.5, 0.6) is 0 Å². The van der Waals surface area contributed by atoms with Gasteiger partial charge in [-0.05, 0) is 52.7 Å². The van der Waals surface area contributed by atoms with Crippen LogP contribution in [0.1, 0.15) is 5.56 Å². The fourth-order valence-corrected chi connectivity index (χ4v) is 2.74. The maximum atomic E-state index is 4.27. The van der Waals surface area contributed by atoms with Crippen LogP contribution in [-0.2, 0) is 0 Å². The van der Waals surface area contributed by atoms with E-state index in [1.54, 1.807) is 11.5 Å². The highest BCUT2D eigenvalue weighted by molar-refractivity contribution is 14.1. The summed E-state index contributed by atoms with van der Waals surface area (Å²) in [6, 6.07) is 6.43. The van der Waals surface area contributed by atoms with Crippen molar-refractivity contribution in [2.75, 3.05) is 0 Å². The van der Waals surface area contributed by atoms with Gasteiger partial charge >= 0.3 is 0 Å². The summed E-state index contributed by atoms with van der Waals surface area (Å²) in [7, 11) is 0. The lowest BCUT2D eigenvalue weighted by atomic mass is 10.2. The molecule has 0 aliphatic rings. The molecular formula is C8H6INS. The van der Waals surface area contributed by atoms with Crippen LogP contribution in [0.25, 0.3) is 10.1 Å². The van der Waals surface area contributed by atoms with Gasteiger partial charge in [-0.1, -0.05) is 12.1 Å². The van der Waals surface area contributed by atoms with E-state index in [-0.39, 0.29) is 0 Å². The number of rotatable bonds is 0. The predicted octanol–water partition coefficient (Wildman–Crippen LogP) is 3.21. The lowest BCUT2D eigenvalue weighted by molar-refractivity contribution is 1.49. The minimum atomic E-state index is 1.11. The Morgan fingerprint density at radius 1 is 1.45 bits per heavy atom. The van der Waals surface area contributed by atoms with E-state index in [0.29, 0.717) is 0 Å². The van der Waals surface area contributed by atoms with Gasteiger partial charge in [0.15, 0.2) is 0 Å². The standard InChI is InChI=1S/C8H6INS/c1-5-2-3-6-7(4-5)11-10-8(6)9/h2-4H,1H3. The van der Waals surface area contributed by atoms with Crippen LogP contribution in [0.4, 0.5) is 0 Å². The van der Waals surface area contributed by atoms with Crippen LogP contribution in [0.15, 0.2) is 18.2 Å². The van der Waals surface area contributed by atoms with Crippen molar-refractivity contribution in [1.29, 1.82) is 0 Å². The lowest BCUT2D eigenvalue weighted by Gasteiger charge is -1.90. The normalized spacial score (nSPS) is 10.7. The smallest absolute Gasteiger partial charge is 0.122 e. The molecule has 0 atom stereocenters. The third-order valence-corrected chi connectivity index (χ3v) is 3.54. The zero-order chi connectivity index (χ0) is 7.84. The number of aryl methyl sites for hydroxylation is 1. The molecule has 56 valence electrons. The number of benzene rings is 1. The van der Waals surface area contributed by atoms with E-state index < -0.39 is 0 Å². The van der Waals surface area contributed by atoms with Crippen molar-refractivity contribution in [3.63, 3.8) is 0 Å². The Labute approximate surface area is 82.7 Å². The summed E-state index contributed by atoms with van der Waals surface area (Å²) < 4.78 is 6.67. The highest BCUT2D eigenvalue weighted by atomic mass is 127. The summed E-state index contributed by atoms with van der Waals surface area (Å²) in [4.78, 5) is 0. The van der Waals surface area contributed by atoms with E-state index in [2.05, 4.69) is 52.1 Å². The van der Waals surface area contributed by atoms with Crippen LogP contribution in [-0.4, -0.2) is 4.37 Å². The second-order valence-electron chi connectivity index (χ2n) is 2.47. The fourth-order valence-electron chi connectivity index (χ4n) is 1.01. The van der Waals surface area contributed by atoms with Crippen molar-refractivity contribution in [2.45, 2.75) is 6.92 Å². The fraction of sp³-hybridized carbons (Fsp3) is 0.125. The van der Waals surface area contributed by atoms with Gasteiger partial charge in [-0.25, -0.2) is 0 Å². The van der Waals surface area contributed by atoms with Crippen molar-refractivity contribution in [1.82, 2.24) is 4.37 Å². The molecule has 0 spiro atoms. The Hall–Kier alpha value is -0.160. The van der Waals surface area contributed by atoms with E-state index in [9.17, 15) is 0 Å². The number of hydrogen-bond donors (Lipinski definition) is 0. The Balaban J connectivity index is 2.86. The molecule has 0 saturated heterocycles. The van der Waals surface area contributed by atoms with Crippen LogP contribution < -0.4 is 0 Å². The SMILES string of the molecule is Cc1ccc2c(I)nsc2c1. The van der Waals surface area contributed by atoms with E-state index >= 15 is 0 Å². The molecule has 0 aliphatic carbocycles. The maximum absolute atomic E-state index is 4.27. The average molecular weight is 275 g/mol. The zero-order valence-corrected chi connectivity index (χ0v) is 8.94. The summed E-state index contributed by atoms with van der Waals surface area (Å²) in [5, 5.41) is 1.28. The summed E-state index contributed by atoms with van der Waals surface area (Å²) in [6.07, 6.45) is 0. The molecule has 0 unspecified atom stereocenters. The minimum absolute atomic E-state index is 1.11. The van der Waals surface area contributed by atoms with Gasteiger partial charge in [0.05, 0.1) is 4.70 Å². The third kappa shape index (κ3) is 1.27. The number of aromatic nitrogens is 1. The summed E-state index contributed by atoms with van der Waals surface area (Å²) in [5.41, 5.74) is 1.30. The molecule has 2 rings (SSSR count). The van der Waals surface area contributed by atoms with Crippen LogP contribution in [0, 0.1) is 10.6 Å². The van der Waals surface area contributed by atoms with Gasteiger partial charge in [0.25, 0.3) is 0 Å². The lowest BCUT2D eigenvalue weighted by Crippen LogP contribution is -1.70. The van der Waals surface area contributed by atoms with Gasteiger partial charge in [0.2, 0.25) is 0 Å².